The molecule has 0 nitrogen and oxygen atoms in total. The van der Waals surface area contributed by atoms with Crippen LogP contribution in [0.4, 0.5) is 0 Å². The number of unbranched alkanes of at least 4 members (excludes halogenated alkanes) is 5. The zero-order valence-electron chi connectivity index (χ0n) is 11.8. The number of hydrogen-bond donors (Lipinski definition) is 0. The normalized spacial score (nSPS) is 12.4. The first-order chi connectivity index (χ1) is 8.41. The highest BCUT2D eigenvalue weighted by atomic mass is 13.9. The Bertz CT molecular complexity index is 208. The Morgan fingerprint density at radius 2 is 1.18 bits per heavy atom. The SMILES string of the molecule is CC/C=C\C/C=C\C/C=C\CCCCCCC. The van der Waals surface area contributed by atoms with E-state index >= 15 is 0 Å². The van der Waals surface area contributed by atoms with Gasteiger partial charge in [-0.15, -0.1) is 0 Å². The van der Waals surface area contributed by atoms with Gasteiger partial charge in [0.05, 0.1) is 0 Å². The molecule has 17 heavy (non-hydrogen) atoms. The summed E-state index contributed by atoms with van der Waals surface area (Å²) in [6.07, 6.45) is 25.1. The van der Waals surface area contributed by atoms with Gasteiger partial charge in [-0.2, -0.15) is 0 Å². The summed E-state index contributed by atoms with van der Waals surface area (Å²) in [4.78, 5) is 0. The van der Waals surface area contributed by atoms with Crippen molar-refractivity contribution in [2.75, 3.05) is 0 Å². The first kappa shape index (κ1) is 16.2. The first-order valence-corrected chi connectivity index (χ1v) is 7.36. The maximum Gasteiger partial charge on any atom is -0.0169 e. The second kappa shape index (κ2) is 15.2. The summed E-state index contributed by atoms with van der Waals surface area (Å²) >= 11 is 0. The van der Waals surface area contributed by atoms with Crippen LogP contribution in [0.1, 0.15) is 71.6 Å². The average molecular weight is 234 g/mol. The van der Waals surface area contributed by atoms with Crippen LogP contribution in [-0.4, -0.2) is 0 Å². The number of allylic oxidation sites excluding steroid dienone is 6. The van der Waals surface area contributed by atoms with Gasteiger partial charge in [0, 0.05) is 0 Å². The summed E-state index contributed by atoms with van der Waals surface area (Å²) in [5, 5.41) is 0. The molecule has 0 aliphatic carbocycles. The molecule has 0 radical (unpaired) electrons. The predicted molar refractivity (Wildman–Crippen MR) is 80.3 cm³/mol. The molecule has 0 amide bonds. The monoisotopic (exact) mass is 234 g/mol. The Balaban J connectivity index is 3.21. The van der Waals surface area contributed by atoms with Crippen LogP contribution in [0.3, 0.4) is 0 Å². The van der Waals surface area contributed by atoms with Crippen molar-refractivity contribution in [2.45, 2.75) is 71.6 Å². The zero-order valence-corrected chi connectivity index (χ0v) is 11.8. The van der Waals surface area contributed by atoms with Crippen LogP contribution in [-0.2, 0) is 0 Å². The van der Waals surface area contributed by atoms with Crippen molar-refractivity contribution in [3.63, 3.8) is 0 Å². The molecule has 0 atom stereocenters. The average Bonchev–Trinajstić information content (AvgIpc) is 2.35. The molecular formula is C17H30. The van der Waals surface area contributed by atoms with Gasteiger partial charge in [0.25, 0.3) is 0 Å². The standard InChI is InChI=1S/C17H30/c1-3-5-7-9-11-13-15-17-16-14-12-10-8-6-4-2/h5,7,11,13,16-17H,3-4,6,8-10,12,14-15H2,1-2H3/b7-5-,13-11-,17-16-. The third kappa shape index (κ3) is 15.2. The van der Waals surface area contributed by atoms with E-state index in [1.54, 1.807) is 0 Å². The molecule has 98 valence electrons. The fourth-order valence-corrected chi connectivity index (χ4v) is 1.69. The molecule has 0 N–H and O–H groups in total. The van der Waals surface area contributed by atoms with Crippen molar-refractivity contribution in [1.29, 1.82) is 0 Å². The molecule has 0 aromatic rings. The number of hydrogen-bond acceptors (Lipinski definition) is 0. The topological polar surface area (TPSA) is 0 Å². The molecule has 0 aliphatic heterocycles. The molecule has 0 aromatic carbocycles. The lowest BCUT2D eigenvalue weighted by atomic mass is 10.1. The van der Waals surface area contributed by atoms with Crippen molar-refractivity contribution in [3.05, 3.63) is 36.5 Å². The van der Waals surface area contributed by atoms with E-state index in [2.05, 4.69) is 50.3 Å². The van der Waals surface area contributed by atoms with E-state index in [0.29, 0.717) is 0 Å². The highest BCUT2D eigenvalue weighted by molar-refractivity contribution is 4.96. The minimum atomic E-state index is 1.08. The van der Waals surface area contributed by atoms with Gasteiger partial charge < -0.3 is 0 Å². The van der Waals surface area contributed by atoms with E-state index in [0.717, 1.165) is 19.3 Å². The quantitative estimate of drug-likeness (QED) is 0.295. The van der Waals surface area contributed by atoms with E-state index in [9.17, 15) is 0 Å². The molecule has 0 fully saturated rings. The summed E-state index contributed by atoms with van der Waals surface area (Å²) in [5.74, 6) is 0. The summed E-state index contributed by atoms with van der Waals surface area (Å²) in [7, 11) is 0. The largest absolute Gasteiger partial charge is 0.0885 e. The van der Waals surface area contributed by atoms with Gasteiger partial charge in [-0.3, -0.25) is 0 Å². The number of rotatable bonds is 11. The molecule has 0 aliphatic rings. The Kier molecular flexibility index (Phi) is 14.5. The van der Waals surface area contributed by atoms with Gasteiger partial charge in [-0.25, -0.2) is 0 Å². The minimum absolute atomic E-state index is 1.08. The van der Waals surface area contributed by atoms with E-state index in [-0.39, 0.29) is 0 Å². The van der Waals surface area contributed by atoms with Crippen LogP contribution in [0.5, 0.6) is 0 Å². The van der Waals surface area contributed by atoms with E-state index < -0.39 is 0 Å². The summed E-state index contributed by atoms with van der Waals surface area (Å²) in [6, 6.07) is 0. The van der Waals surface area contributed by atoms with Gasteiger partial charge in [0.15, 0.2) is 0 Å². The van der Waals surface area contributed by atoms with E-state index in [1.807, 2.05) is 0 Å². The van der Waals surface area contributed by atoms with Crippen molar-refractivity contribution in [1.82, 2.24) is 0 Å². The molecule has 0 bridgehead atoms. The predicted octanol–water partition coefficient (Wildman–Crippen LogP) is 6.21. The van der Waals surface area contributed by atoms with Crippen LogP contribution in [0.25, 0.3) is 0 Å². The fraction of sp³-hybridized carbons (Fsp3) is 0.647. The molecule has 0 heterocycles. The highest BCUT2D eigenvalue weighted by Gasteiger charge is 1.85. The van der Waals surface area contributed by atoms with Crippen LogP contribution in [0.15, 0.2) is 36.5 Å². The van der Waals surface area contributed by atoms with Crippen LogP contribution in [0, 0.1) is 0 Å². The maximum absolute atomic E-state index is 2.33. The van der Waals surface area contributed by atoms with Crippen LogP contribution < -0.4 is 0 Å². The van der Waals surface area contributed by atoms with Crippen LogP contribution in [0.2, 0.25) is 0 Å². The van der Waals surface area contributed by atoms with Crippen molar-refractivity contribution < 1.29 is 0 Å². The second-order valence-electron chi connectivity index (χ2n) is 4.50. The minimum Gasteiger partial charge on any atom is -0.0885 e. The van der Waals surface area contributed by atoms with Crippen molar-refractivity contribution in [2.24, 2.45) is 0 Å². The molecule has 0 aromatic heterocycles. The summed E-state index contributed by atoms with van der Waals surface area (Å²) in [6.45, 7) is 4.44. The lowest BCUT2D eigenvalue weighted by Gasteiger charge is -1.95. The fourth-order valence-electron chi connectivity index (χ4n) is 1.69. The molecule has 0 rings (SSSR count). The van der Waals surface area contributed by atoms with Gasteiger partial charge in [0.1, 0.15) is 0 Å². The molecule has 0 heteroatoms. The van der Waals surface area contributed by atoms with E-state index in [1.165, 1.54) is 38.5 Å². The van der Waals surface area contributed by atoms with Gasteiger partial charge in [-0.1, -0.05) is 76.0 Å². The Morgan fingerprint density at radius 3 is 1.82 bits per heavy atom. The lowest BCUT2D eigenvalue weighted by molar-refractivity contribution is 0.637. The van der Waals surface area contributed by atoms with Crippen molar-refractivity contribution >= 4 is 0 Å². The highest BCUT2D eigenvalue weighted by Crippen LogP contribution is 2.05. The van der Waals surface area contributed by atoms with E-state index in [4.69, 9.17) is 0 Å². The molecule has 0 unspecified atom stereocenters. The zero-order chi connectivity index (χ0) is 12.6. The summed E-state index contributed by atoms with van der Waals surface area (Å²) in [5.41, 5.74) is 0. The molecule has 0 saturated heterocycles. The smallest absolute Gasteiger partial charge is 0.0169 e. The van der Waals surface area contributed by atoms with Crippen LogP contribution >= 0.6 is 0 Å². The lowest BCUT2D eigenvalue weighted by Crippen LogP contribution is -1.75. The Morgan fingerprint density at radius 1 is 0.588 bits per heavy atom. The Hall–Kier alpha value is -0.780. The second-order valence-corrected chi connectivity index (χ2v) is 4.50. The van der Waals surface area contributed by atoms with Gasteiger partial charge >= 0.3 is 0 Å². The maximum atomic E-state index is 2.33. The van der Waals surface area contributed by atoms with Gasteiger partial charge in [0.2, 0.25) is 0 Å². The molecular weight excluding hydrogens is 204 g/mol. The molecule has 0 spiro atoms. The summed E-state index contributed by atoms with van der Waals surface area (Å²) < 4.78 is 0. The molecule has 0 saturated carbocycles. The third-order valence-electron chi connectivity index (χ3n) is 2.75. The van der Waals surface area contributed by atoms with Crippen molar-refractivity contribution in [3.8, 4) is 0 Å². The third-order valence-corrected chi connectivity index (χ3v) is 2.75. The van der Waals surface area contributed by atoms with Gasteiger partial charge in [-0.05, 0) is 32.1 Å². The first-order valence-electron chi connectivity index (χ1n) is 7.36. The Labute approximate surface area is 109 Å².